The average molecular weight is 451 g/mol. The van der Waals surface area contributed by atoms with Gasteiger partial charge in [0.05, 0.1) is 45.2 Å². The Kier molecular flexibility index (Phi) is 6.62. The molecule has 1 aromatic heterocycles. The second kappa shape index (κ2) is 8.88. The van der Waals surface area contributed by atoms with Gasteiger partial charge in [-0.1, -0.05) is 0 Å². The molecule has 3 aliphatic rings. The Morgan fingerprint density at radius 2 is 1.84 bits per heavy atom. The predicted octanol–water partition coefficient (Wildman–Crippen LogP) is 0.302. The van der Waals surface area contributed by atoms with Gasteiger partial charge in [-0.3, -0.25) is 14.5 Å². The van der Waals surface area contributed by atoms with E-state index in [0.717, 1.165) is 18.8 Å². The van der Waals surface area contributed by atoms with E-state index in [1.54, 1.807) is 0 Å². The van der Waals surface area contributed by atoms with Crippen LogP contribution < -0.4 is 4.90 Å². The van der Waals surface area contributed by atoms with Gasteiger partial charge in [-0.05, 0) is 13.5 Å². The third kappa shape index (κ3) is 5.37. The van der Waals surface area contributed by atoms with E-state index in [4.69, 9.17) is 19.5 Å². The summed E-state index contributed by atoms with van der Waals surface area (Å²) in [6, 6.07) is -0.315. The first-order valence-electron chi connectivity index (χ1n) is 9.32. The van der Waals surface area contributed by atoms with Gasteiger partial charge in [0.15, 0.2) is 5.82 Å². The third-order valence-electron chi connectivity index (χ3n) is 4.99. The van der Waals surface area contributed by atoms with E-state index >= 15 is 0 Å². The number of rotatable bonds is 2. The van der Waals surface area contributed by atoms with Gasteiger partial charge in [-0.15, -0.1) is 0 Å². The van der Waals surface area contributed by atoms with Gasteiger partial charge in [0.2, 0.25) is 5.95 Å². The van der Waals surface area contributed by atoms with Crippen molar-refractivity contribution in [1.82, 2.24) is 19.9 Å². The molecule has 10 nitrogen and oxygen atoms in total. The minimum Gasteiger partial charge on any atom is -0.475 e. The van der Waals surface area contributed by atoms with Crippen molar-refractivity contribution < 1.29 is 41.8 Å². The van der Waals surface area contributed by atoms with Crippen LogP contribution in [-0.2, 0) is 19.2 Å². The van der Waals surface area contributed by atoms with Crippen molar-refractivity contribution in [2.24, 2.45) is 0 Å². The minimum absolute atomic E-state index is 0.0390. The number of carboxylic acids is 1. The molecule has 4 heterocycles. The highest BCUT2D eigenvalue weighted by molar-refractivity contribution is 5.81. The summed E-state index contributed by atoms with van der Waals surface area (Å²) in [4.78, 5) is 38.6. The van der Waals surface area contributed by atoms with Gasteiger partial charge >= 0.3 is 12.1 Å². The highest BCUT2D eigenvalue weighted by Gasteiger charge is 2.51. The molecule has 0 aliphatic carbocycles. The number of hydrogen-bond donors (Lipinski definition) is 1. The zero-order chi connectivity index (χ0) is 22.8. The van der Waals surface area contributed by atoms with Crippen LogP contribution in [0, 0.1) is 5.82 Å². The largest absolute Gasteiger partial charge is 0.490 e. The number of carboxylic acid groups (broad SMARTS) is 1. The Balaban J connectivity index is 0.000000339. The number of nitrogens with zero attached hydrogens (tertiary/aromatic N) is 5. The number of likely N-dealkylation sites (N-methyl/N-ethyl adjacent to an activating group) is 1. The molecule has 1 aromatic rings. The number of ether oxygens (including phenoxy) is 1. The predicted molar refractivity (Wildman–Crippen MR) is 95.3 cm³/mol. The van der Waals surface area contributed by atoms with Crippen molar-refractivity contribution in [1.29, 1.82) is 0 Å². The molecule has 1 unspecified atom stereocenters. The Morgan fingerprint density at radius 1 is 1.23 bits per heavy atom. The number of morpholine rings is 1. The number of aromatic nitrogens is 2. The molecule has 3 saturated heterocycles. The Morgan fingerprint density at radius 3 is 2.32 bits per heavy atom. The third-order valence-corrected chi connectivity index (χ3v) is 4.99. The Hall–Kier alpha value is -2.58. The molecule has 31 heavy (non-hydrogen) atoms. The lowest BCUT2D eigenvalue weighted by atomic mass is 9.91. The number of amides is 1. The normalized spacial score (nSPS) is 23.2. The fraction of sp³-hybridized carbons (Fsp3) is 0.647. The molecule has 0 bridgehead atoms. The maximum atomic E-state index is 12.9. The van der Waals surface area contributed by atoms with Gasteiger partial charge < -0.3 is 14.7 Å². The van der Waals surface area contributed by atoms with Crippen LogP contribution in [0.5, 0.6) is 0 Å². The molecule has 1 N–H and O–H groups in total. The number of halogens is 4. The van der Waals surface area contributed by atoms with Crippen molar-refractivity contribution >= 4 is 17.8 Å². The lowest BCUT2D eigenvalue weighted by Crippen LogP contribution is -2.72. The second-order valence-corrected chi connectivity index (χ2v) is 7.41. The Labute approximate surface area is 174 Å². The van der Waals surface area contributed by atoms with E-state index in [0.29, 0.717) is 45.3 Å². The Bertz CT molecular complexity index is 797. The van der Waals surface area contributed by atoms with Crippen LogP contribution in [0.4, 0.5) is 23.5 Å². The van der Waals surface area contributed by atoms with Gasteiger partial charge in [0.25, 0.3) is 5.91 Å². The number of hydrogen-bond acceptors (Lipinski definition) is 8. The van der Waals surface area contributed by atoms with E-state index < -0.39 is 18.0 Å². The van der Waals surface area contributed by atoms with Gasteiger partial charge in [0.1, 0.15) is 11.6 Å². The lowest BCUT2D eigenvalue weighted by Gasteiger charge is -2.54. The zero-order valence-electron chi connectivity index (χ0n) is 16.5. The van der Waals surface area contributed by atoms with Crippen LogP contribution >= 0.6 is 0 Å². The lowest BCUT2D eigenvalue weighted by molar-refractivity contribution is -0.193. The van der Waals surface area contributed by atoms with E-state index in [2.05, 4.69) is 9.97 Å². The van der Waals surface area contributed by atoms with E-state index in [1.165, 1.54) is 5.06 Å². The molecule has 0 radical (unpaired) electrons. The molecular formula is C17H21F4N5O5. The summed E-state index contributed by atoms with van der Waals surface area (Å²) in [5, 5.41) is 8.57. The molecule has 3 aliphatic heterocycles. The highest BCUT2D eigenvalue weighted by Crippen LogP contribution is 2.33. The van der Waals surface area contributed by atoms with Crippen molar-refractivity contribution in [2.75, 3.05) is 51.3 Å². The number of anilines is 1. The minimum atomic E-state index is -5.08. The number of aliphatic carboxylic acids is 1. The van der Waals surface area contributed by atoms with E-state index in [-0.39, 0.29) is 17.6 Å². The van der Waals surface area contributed by atoms with Crippen molar-refractivity contribution in [3.8, 4) is 0 Å². The summed E-state index contributed by atoms with van der Waals surface area (Å²) in [5.74, 6) is -2.75. The number of carbonyl (C=O) groups is 2. The topological polar surface area (TPSA) is 108 Å². The first-order chi connectivity index (χ1) is 14.5. The molecule has 1 spiro atoms. The van der Waals surface area contributed by atoms with Crippen LogP contribution in [0.2, 0.25) is 0 Å². The monoisotopic (exact) mass is 451 g/mol. The van der Waals surface area contributed by atoms with Crippen LogP contribution in [0.3, 0.4) is 0 Å². The maximum Gasteiger partial charge on any atom is 0.490 e. The van der Waals surface area contributed by atoms with Crippen molar-refractivity contribution in [2.45, 2.75) is 24.2 Å². The molecule has 4 rings (SSSR count). The summed E-state index contributed by atoms with van der Waals surface area (Å²) in [6.07, 6.45) is -1.89. The van der Waals surface area contributed by atoms with Crippen LogP contribution in [-0.4, -0.2) is 101 Å². The molecular weight excluding hydrogens is 430 g/mol. The molecule has 3 fully saturated rings. The van der Waals surface area contributed by atoms with E-state index in [1.807, 2.05) is 16.8 Å². The number of hydroxylamine groups is 2. The summed E-state index contributed by atoms with van der Waals surface area (Å²) < 4.78 is 50.7. The SMILES string of the molecule is CN1CC2(CN(c3ncc(F)cn3)C2)OCC1C(=O)N1CCCO1.O=C(O)C(F)(F)F. The number of carbonyl (C=O) groups excluding carboxylic acids is 1. The first kappa shape index (κ1) is 23.1. The summed E-state index contributed by atoms with van der Waals surface area (Å²) >= 11 is 0. The summed E-state index contributed by atoms with van der Waals surface area (Å²) in [7, 11) is 1.93. The fourth-order valence-corrected chi connectivity index (χ4v) is 3.49. The van der Waals surface area contributed by atoms with Crippen molar-refractivity contribution in [3.63, 3.8) is 0 Å². The smallest absolute Gasteiger partial charge is 0.475 e. The highest BCUT2D eigenvalue weighted by atomic mass is 19.4. The van der Waals surface area contributed by atoms with Crippen LogP contribution in [0.25, 0.3) is 0 Å². The first-order valence-corrected chi connectivity index (χ1v) is 9.32. The van der Waals surface area contributed by atoms with Crippen LogP contribution in [0.15, 0.2) is 12.4 Å². The van der Waals surface area contributed by atoms with Gasteiger partial charge in [-0.25, -0.2) is 24.2 Å². The van der Waals surface area contributed by atoms with Gasteiger partial charge in [-0.2, -0.15) is 13.2 Å². The molecule has 0 saturated carbocycles. The standard InChI is InChI=1S/C15H20FN5O3.C2HF3O2/c1-19-8-15(9-20(10-15)14-17-5-11(16)6-18-14)23-7-12(19)13(22)21-3-2-4-24-21;3-2(4,5)1(6)7/h5-6,12H,2-4,7-10H2,1H3;(H,6,7). The molecule has 1 atom stereocenters. The molecule has 172 valence electrons. The van der Waals surface area contributed by atoms with Crippen LogP contribution in [0.1, 0.15) is 6.42 Å². The maximum absolute atomic E-state index is 12.9. The quantitative estimate of drug-likeness (QED) is 0.636. The zero-order valence-corrected chi connectivity index (χ0v) is 16.5. The summed E-state index contributed by atoms with van der Waals surface area (Å²) in [5.41, 5.74) is -0.324. The molecule has 1 amide bonds. The summed E-state index contributed by atoms with van der Waals surface area (Å²) in [6.45, 7) is 3.49. The fourth-order valence-electron chi connectivity index (χ4n) is 3.49. The average Bonchev–Trinajstić information content (AvgIpc) is 3.21. The molecule has 0 aromatic carbocycles. The second-order valence-electron chi connectivity index (χ2n) is 7.41. The van der Waals surface area contributed by atoms with Gasteiger partial charge in [0, 0.05) is 6.54 Å². The number of alkyl halides is 3. The van der Waals surface area contributed by atoms with Crippen molar-refractivity contribution in [3.05, 3.63) is 18.2 Å². The molecule has 14 heteroatoms. The van der Waals surface area contributed by atoms with E-state index in [9.17, 15) is 22.4 Å².